The lowest BCUT2D eigenvalue weighted by molar-refractivity contribution is 0.943. The van der Waals surface area contributed by atoms with Crippen LogP contribution in [0.15, 0.2) is 48.9 Å². The third-order valence-electron chi connectivity index (χ3n) is 2.16. The van der Waals surface area contributed by atoms with Crippen LogP contribution in [0.1, 0.15) is 17.2 Å². The molecular weight excluding hydrogens is 186 g/mol. The van der Waals surface area contributed by atoms with E-state index in [1.54, 1.807) is 12.3 Å². The Balaban J connectivity index is 2.39. The van der Waals surface area contributed by atoms with E-state index in [1.165, 1.54) is 6.33 Å². The van der Waals surface area contributed by atoms with Gasteiger partial charge in [-0.15, -0.1) is 0 Å². The number of benzene rings is 1. The Bertz CT molecular complexity index is 420. The van der Waals surface area contributed by atoms with Crippen molar-refractivity contribution >= 4 is 0 Å². The molecule has 3 nitrogen and oxygen atoms in total. The Labute approximate surface area is 88.1 Å². The first-order valence-corrected chi connectivity index (χ1v) is 4.62. The van der Waals surface area contributed by atoms with E-state index in [4.69, 9.17) is 5.26 Å². The molecule has 0 saturated carbocycles. The fourth-order valence-corrected chi connectivity index (χ4v) is 1.43. The van der Waals surface area contributed by atoms with Gasteiger partial charge in [0.2, 0.25) is 0 Å². The second kappa shape index (κ2) is 4.34. The first-order chi connectivity index (χ1) is 7.42. The van der Waals surface area contributed by atoms with Crippen molar-refractivity contribution in [3.05, 3.63) is 60.2 Å². The van der Waals surface area contributed by atoms with E-state index >= 15 is 0 Å². The predicted molar refractivity (Wildman–Crippen MR) is 55.9 cm³/mol. The highest BCUT2D eigenvalue weighted by molar-refractivity contribution is 5.33. The lowest BCUT2D eigenvalue weighted by Crippen LogP contribution is -2.00. The van der Waals surface area contributed by atoms with Gasteiger partial charge in [-0.1, -0.05) is 30.3 Å². The molecule has 0 N–H and O–H groups in total. The van der Waals surface area contributed by atoms with Crippen LogP contribution in [-0.4, -0.2) is 9.97 Å². The van der Waals surface area contributed by atoms with Crippen LogP contribution in [0.4, 0.5) is 0 Å². The highest BCUT2D eigenvalue weighted by atomic mass is 14.8. The SMILES string of the molecule is N#CC(c1ccccc1)c1ccncn1. The fraction of sp³-hybridized carbons (Fsp3) is 0.0833. The maximum absolute atomic E-state index is 9.12. The summed E-state index contributed by atoms with van der Waals surface area (Å²) in [5.41, 5.74) is 1.69. The standard InChI is InChI=1S/C12H9N3/c13-8-11(10-4-2-1-3-5-10)12-6-7-14-9-15-12/h1-7,9,11H. The van der Waals surface area contributed by atoms with Crippen LogP contribution in [-0.2, 0) is 0 Å². The number of nitriles is 1. The summed E-state index contributed by atoms with van der Waals surface area (Å²) in [5.74, 6) is -0.311. The van der Waals surface area contributed by atoms with Gasteiger partial charge >= 0.3 is 0 Å². The molecule has 2 rings (SSSR count). The molecule has 1 unspecified atom stereocenters. The van der Waals surface area contributed by atoms with Gasteiger partial charge in [-0.2, -0.15) is 5.26 Å². The fourth-order valence-electron chi connectivity index (χ4n) is 1.43. The van der Waals surface area contributed by atoms with Gasteiger partial charge in [0, 0.05) is 6.20 Å². The van der Waals surface area contributed by atoms with Crippen LogP contribution in [0, 0.1) is 11.3 Å². The second-order valence-corrected chi connectivity index (χ2v) is 3.11. The number of hydrogen-bond acceptors (Lipinski definition) is 3. The molecule has 0 radical (unpaired) electrons. The predicted octanol–water partition coefficient (Wildman–Crippen LogP) is 2.13. The lowest BCUT2D eigenvalue weighted by atomic mass is 9.97. The van der Waals surface area contributed by atoms with Gasteiger partial charge in [-0.3, -0.25) is 0 Å². The molecule has 1 aromatic carbocycles. The van der Waals surface area contributed by atoms with Crippen LogP contribution < -0.4 is 0 Å². The summed E-state index contributed by atoms with van der Waals surface area (Å²) in [6, 6.07) is 13.6. The smallest absolute Gasteiger partial charge is 0.115 e. The van der Waals surface area contributed by atoms with Crippen molar-refractivity contribution in [2.24, 2.45) is 0 Å². The number of hydrogen-bond donors (Lipinski definition) is 0. The van der Waals surface area contributed by atoms with E-state index in [-0.39, 0.29) is 5.92 Å². The number of nitrogens with zero attached hydrogens (tertiary/aromatic N) is 3. The van der Waals surface area contributed by atoms with E-state index in [1.807, 2.05) is 30.3 Å². The zero-order chi connectivity index (χ0) is 10.5. The minimum atomic E-state index is -0.311. The molecule has 0 bridgehead atoms. The van der Waals surface area contributed by atoms with E-state index in [0.717, 1.165) is 11.3 Å². The monoisotopic (exact) mass is 195 g/mol. The van der Waals surface area contributed by atoms with E-state index in [0.29, 0.717) is 0 Å². The zero-order valence-corrected chi connectivity index (χ0v) is 8.04. The molecule has 0 saturated heterocycles. The summed E-state index contributed by atoms with van der Waals surface area (Å²) in [6.07, 6.45) is 3.11. The largest absolute Gasteiger partial charge is 0.245 e. The van der Waals surface area contributed by atoms with Crippen molar-refractivity contribution in [1.82, 2.24) is 9.97 Å². The van der Waals surface area contributed by atoms with E-state index in [2.05, 4.69) is 16.0 Å². The summed E-state index contributed by atoms with van der Waals surface area (Å²) < 4.78 is 0. The molecule has 0 spiro atoms. The summed E-state index contributed by atoms with van der Waals surface area (Å²) in [6.45, 7) is 0. The van der Waals surface area contributed by atoms with Crippen molar-refractivity contribution in [2.75, 3.05) is 0 Å². The summed E-state index contributed by atoms with van der Waals surface area (Å²) >= 11 is 0. The van der Waals surface area contributed by atoms with Crippen LogP contribution in [0.3, 0.4) is 0 Å². The van der Waals surface area contributed by atoms with E-state index in [9.17, 15) is 0 Å². The van der Waals surface area contributed by atoms with Gasteiger partial charge in [0.15, 0.2) is 0 Å². The van der Waals surface area contributed by atoms with Crippen LogP contribution in [0.25, 0.3) is 0 Å². The zero-order valence-electron chi connectivity index (χ0n) is 8.04. The minimum absolute atomic E-state index is 0.311. The molecule has 0 amide bonds. The van der Waals surface area contributed by atoms with Crippen molar-refractivity contribution in [1.29, 1.82) is 5.26 Å². The van der Waals surface area contributed by atoms with Gasteiger partial charge in [0.1, 0.15) is 12.2 Å². The highest BCUT2D eigenvalue weighted by Crippen LogP contribution is 2.20. The maximum atomic E-state index is 9.12. The van der Waals surface area contributed by atoms with Crippen molar-refractivity contribution < 1.29 is 0 Å². The maximum Gasteiger partial charge on any atom is 0.115 e. The second-order valence-electron chi connectivity index (χ2n) is 3.11. The summed E-state index contributed by atoms with van der Waals surface area (Å²) in [7, 11) is 0. The molecule has 0 aliphatic heterocycles. The van der Waals surface area contributed by atoms with Crippen LogP contribution >= 0.6 is 0 Å². The third kappa shape index (κ3) is 2.00. The average molecular weight is 195 g/mol. The Morgan fingerprint density at radius 2 is 1.93 bits per heavy atom. The molecule has 2 aromatic rings. The molecule has 0 aliphatic rings. The highest BCUT2D eigenvalue weighted by Gasteiger charge is 2.13. The van der Waals surface area contributed by atoms with Gasteiger partial charge in [-0.05, 0) is 11.6 Å². The van der Waals surface area contributed by atoms with Crippen LogP contribution in [0.2, 0.25) is 0 Å². The van der Waals surface area contributed by atoms with Gasteiger partial charge in [0.05, 0.1) is 11.8 Å². The molecule has 0 fully saturated rings. The normalized spacial score (nSPS) is 11.7. The first-order valence-electron chi connectivity index (χ1n) is 4.62. The van der Waals surface area contributed by atoms with E-state index < -0.39 is 0 Å². The van der Waals surface area contributed by atoms with Gasteiger partial charge in [0.25, 0.3) is 0 Å². The molecule has 0 aliphatic carbocycles. The van der Waals surface area contributed by atoms with Gasteiger partial charge < -0.3 is 0 Å². The molecular formula is C12H9N3. The number of aromatic nitrogens is 2. The molecule has 3 heteroatoms. The van der Waals surface area contributed by atoms with Gasteiger partial charge in [-0.25, -0.2) is 9.97 Å². The third-order valence-corrected chi connectivity index (χ3v) is 2.16. The summed E-state index contributed by atoms with van der Waals surface area (Å²) in [5, 5.41) is 9.12. The molecule has 1 heterocycles. The van der Waals surface area contributed by atoms with Crippen LogP contribution in [0.5, 0.6) is 0 Å². The van der Waals surface area contributed by atoms with Crippen molar-refractivity contribution in [2.45, 2.75) is 5.92 Å². The Morgan fingerprint density at radius 1 is 1.13 bits per heavy atom. The molecule has 72 valence electrons. The summed E-state index contributed by atoms with van der Waals surface area (Å²) in [4.78, 5) is 7.93. The lowest BCUT2D eigenvalue weighted by Gasteiger charge is -2.07. The molecule has 15 heavy (non-hydrogen) atoms. The Hall–Kier alpha value is -2.21. The topological polar surface area (TPSA) is 49.6 Å². The quantitative estimate of drug-likeness (QED) is 0.737. The van der Waals surface area contributed by atoms with Crippen molar-refractivity contribution in [3.63, 3.8) is 0 Å². The molecule has 1 atom stereocenters. The Morgan fingerprint density at radius 3 is 2.53 bits per heavy atom. The Kier molecular flexibility index (Phi) is 2.70. The first kappa shape index (κ1) is 9.35. The minimum Gasteiger partial charge on any atom is -0.245 e. The molecule has 1 aromatic heterocycles. The number of rotatable bonds is 2. The van der Waals surface area contributed by atoms with Crippen molar-refractivity contribution in [3.8, 4) is 6.07 Å². The average Bonchev–Trinajstić information content (AvgIpc) is 2.33.